The number of rotatable bonds is 9. The number of hydrogen-bond donors (Lipinski definition) is 1. The summed E-state index contributed by atoms with van der Waals surface area (Å²) in [6.45, 7) is 6.98. The van der Waals surface area contributed by atoms with E-state index in [1.807, 2.05) is 67.6 Å². The Hall–Kier alpha value is -2.76. The average Bonchev–Trinajstić information content (AvgIpc) is 2.79. The zero-order valence-electron chi connectivity index (χ0n) is 18.9. The van der Waals surface area contributed by atoms with E-state index in [1.165, 1.54) is 11.6 Å². The Kier molecular flexibility index (Phi) is 8.98. The molecule has 1 N–H and O–H groups in total. The Morgan fingerprint density at radius 3 is 2.48 bits per heavy atom. The maximum atomic E-state index is 12.4. The smallest absolute Gasteiger partial charge is 0.248 e. The van der Waals surface area contributed by atoms with Gasteiger partial charge >= 0.3 is 0 Å². The molecule has 0 aromatic heterocycles. The number of hydrogen-bond acceptors (Lipinski definition) is 3. The third-order valence-corrected chi connectivity index (χ3v) is 5.89. The van der Waals surface area contributed by atoms with Crippen LogP contribution >= 0.6 is 27.5 Å². The fourth-order valence-corrected chi connectivity index (χ4v) is 3.92. The normalized spacial score (nSPS) is 11.1. The lowest BCUT2D eigenvalue weighted by atomic mass is 10.0. The van der Waals surface area contributed by atoms with Crippen molar-refractivity contribution in [2.45, 2.75) is 33.3 Å². The molecule has 0 heterocycles. The van der Waals surface area contributed by atoms with Crippen LogP contribution in [0.2, 0.25) is 5.02 Å². The molecule has 0 fully saturated rings. The molecular formula is C27H27BrClNO3. The van der Waals surface area contributed by atoms with E-state index in [2.05, 4.69) is 35.1 Å². The van der Waals surface area contributed by atoms with Crippen LogP contribution in [0, 0.1) is 0 Å². The quantitative estimate of drug-likeness (QED) is 0.288. The summed E-state index contributed by atoms with van der Waals surface area (Å²) in [6.07, 6.45) is 3.24. The molecule has 0 aliphatic heterocycles. The zero-order valence-corrected chi connectivity index (χ0v) is 21.2. The van der Waals surface area contributed by atoms with Crippen LogP contribution in [-0.4, -0.2) is 12.5 Å². The summed E-state index contributed by atoms with van der Waals surface area (Å²) in [6, 6.07) is 19.1. The van der Waals surface area contributed by atoms with Crippen molar-refractivity contribution in [2.75, 3.05) is 11.9 Å². The first-order chi connectivity index (χ1) is 15.9. The van der Waals surface area contributed by atoms with Gasteiger partial charge in [-0.05, 0) is 76.3 Å². The Labute approximate surface area is 208 Å². The second-order valence-electron chi connectivity index (χ2n) is 7.74. The predicted molar refractivity (Wildman–Crippen MR) is 139 cm³/mol. The molecular weight excluding hydrogens is 502 g/mol. The Bertz CT molecular complexity index is 1130. The topological polar surface area (TPSA) is 47.6 Å². The largest absolute Gasteiger partial charge is 0.490 e. The second-order valence-corrected chi connectivity index (χ2v) is 9.00. The van der Waals surface area contributed by atoms with Gasteiger partial charge in [-0.3, -0.25) is 4.79 Å². The average molecular weight is 529 g/mol. The lowest BCUT2D eigenvalue weighted by Gasteiger charge is -2.15. The predicted octanol–water partition coefficient (Wildman–Crippen LogP) is 7.86. The van der Waals surface area contributed by atoms with Gasteiger partial charge in [0.1, 0.15) is 6.61 Å². The highest BCUT2D eigenvalue weighted by atomic mass is 79.9. The van der Waals surface area contributed by atoms with Crippen molar-refractivity contribution in [3.63, 3.8) is 0 Å². The molecule has 1 amide bonds. The summed E-state index contributed by atoms with van der Waals surface area (Å²) < 4.78 is 12.5. The van der Waals surface area contributed by atoms with Gasteiger partial charge in [0.15, 0.2) is 11.5 Å². The van der Waals surface area contributed by atoms with Crippen LogP contribution in [0.1, 0.15) is 43.4 Å². The summed E-state index contributed by atoms with van der Waals surface area (Å²) in [5.41, 5.74) is 3.68. The number of halogens is 2. The van der Waals surface area contributed by atoms with Crippen molar-refractivity contribution in [1.82, 2.24) is 0 Å². The summed E-state index contributed by atoms with van der Waals surface area (Å²) in [7, 11) is 0. The van der Waals surface area contributed by atoms with Crippen LogP contribution < -0.4 is 14.8 Å². The molecule has 0 radical (unpaired) electrons. The summed E-state index contributed by atoms with van der Waals surface area (Å²) in [4.78, 5) is 12.4. The molecule has 3 rings (SSSR count). The highest BCUT2D eigenvalue weighted by Crippen LogP contribution is 2.38. The lowest BCUT2D eigenvalue weighted by molar-refractivity contribution is -0.111. The molecule has 6 heteroatoms. The van der Waals surface area contributed by atoms with E-state index in [4.69, 9.17) is 21.1 Å². The van der Waals surface area contributed by atoms with E-state index in [-0.39, 0.29) is 5.91 Å². The first-order valence-corrected chi connectivity index (χ1v) is 12.0. The molecule has 0 saturated heterocycles. The maximum Gasteiger partial charge on any atom is 0.248 e. The molecule has 3 aromatic carbocycles. The molecule has 0 atom stereocenters. The zero-order chi connectivity index (χ0) is 23.8. The minimum Gasteiger partial charge on any atom is -0.490 e. The number of nitrogens with one attached hydrogen (secondary N) is 1. The molecule has 0 spiro atoms. The van der Waals surface area contributed by atoms with Gasteiger partial charge in [-0.15, -0.1) is 0 Å². The molecule has 0 aliphatic carbocycles. The minimum atomic E-state index is -0.208. The van der Waals surface area contributed by atoms with Crippen molar-refractivity contribution in [2.24, 2.45) is 0 Å². The van der Waals surface area contributed by atoms with E-state index in [0.717, 1.165) is 21.3 Å². The fraction of sp³-hybridized carbons (Fsp3) is 0.222. The van der Waals surface area contributed by atoms with Crippen molar-refractivity contribution in [1.29, 1.82) is 0 Å². The number of carbonyl (C=O) groups excluding carboxylic acids is 1. The van der Waals surface area contributed by atoms with Crippen LogP contribution in [0.4, 0.5) is 5.69 Å². The molecule has 33 heavy (non-hydrogen) atoms. The SMILES string of the molecule is CCOc1cc(/C=C/C(=O)Nc2ccc(C(C)C)cc2)cc(Br)c1OCc1ccccc1Cl. The summed E-state index contributed by atoms with van der Waals surface area (Å²) in [5.74, 6) is 1.41. The standard InChI is InChI=1S/C27H27BrClNO3/c1-4-32-25-16-19(9-14-26(31)30-22-12-10-20(11-13-22)18(2)3)15-23(28)27(25)33-17-21-7-5-6-8-24(21)29/h5-16,18H,4,17H2,1-3H3,(H,30,31)/b14-9+. The monoisotopic (exact) mass is 527 g/mol. The fourth-order valence-electron chi connectivity index (χ4n) is 3.16. The number of amides is 1. The van der Waals surface area contributed by atoms with E-state index < -0.39 is 0 Å². The summed E-state index contributed by atoms with van der Waals surface area (Å²) >= 11 is 9.80. The van der Waals surface area contributed by atoms with Gasteiger partial charge < -0.3 is 14.8 Å². The second kappa shape index (κ2) is 11.9. The van der Waals surface area contributed by atoms with Crippen LogP contribution in [-0.2, 0) is 11.4 Å². The molecule has 0 saturated carbocycles. The van der Waals surface area contributed by atoms with Gasteiger partial charge in [0.05, 0.1) is 11.1 Å². The lowest BCUT2D eigenvalue weighted by Crippen LogP contribution is -2.07. The first-order valence-electron chi connectivity index (χ1n) is 10.8. The van der Waals surface area contributed by atoms with Gasteiger partial charge in [-0.2, -0.15) is 0 Å². The Morgan fingerprint density at radius 1 is 1.09 bits per heavy atom. The van der Waals surface area contributed by atoms with Gasteiger partial charge in [-0.1, -0.05) is 55.8 Å². The molecule has 0 unspecified atom stereocenters. The number of anilines is 1. The molecule has 4 nitrogen and oxygen atoms in total. The number of ether oxygens (including phenoxy) is 2. The van der Waals surface area contributed by atoms with Crippen LogP contribution in [0.3, 0.4) is 0 Å². The Morgan fingerprint density at radius 2 is 1.82 bits per heavy atom. The minimum absolute atomic E-state index is 0.208. The van der Waals surface area contributed by atoms with Gasteiger partial charge in [0.2, 0.25) is 5.91 Å². The summed E-state index contributed by atoms with van der Waals surface area (Å²) in [5, 5.41) is 3.53. The first kappa shape index (κ1) is 24.9. The van der Waals surface area contributed by atoms with Crippen LogP contribution in [0.25, 0.3) is 6.08 Å². The highest BCUT2D eigenvalue weighted by Gasteiger charge is 2.13. The van der Waals surface area contributed by atoms with Gasteiger partial charge in [-0.25, -0.2) is 0 Å². The molecule has 3 aromatic rings. The third-order valence-electron chi connectivity index (χ3n) is 4.93. The molecule has 172 valence electrons. The Balaban J connectivity index is 1.71. The van der Waals surface area contributed by atoms with E-state index in [9.17, 15) is 4.79 Å². The van der Waals surface area contributed by atoms with Gasteiger partial charge in [0.25, 0.3) is 0 Å². The number of benzene rings is 3. The molecule has 0 aliphatic rings. The van der Waals surface area contributed by atoms with Crippen molar-refractivity contribution in [3.8, 4) is 11.5 Å². The van der Waals surface area contributed by atoms with Crippen LogP contribution in [0.15, 0.2) is 71.2 Å². The highest BCUT2D eigenvalue weighted by molar-refractivity contribution is 9.10. The third kappa shape index (κ3) is 7.11. The van der Waals surface area contributed by atoms with Gasteiger partial charge in [0, 0.05) is 22.3 Å². The van der Waals surface area contributed by atoms with Crippen molar-refractivity contribution < 1.29 is 14.3 Å². The number of carbonyl (C=O) groups is 1. The van der Waals surface area contributed by atoms with Crippen molar-refractivity contribution in [3.05, 3.63) is 92.9 Å². The van der Waals surface area contributed by atoms with E-state index in [1.54, 1.807) is 6.08 Å². The van der Waals surface area contributed by atoms with Crippen LogP contribution in [0.5, 0.6) is 11.5 Å². The molecule has 0 bridgehead atoms. The van der Waals surface area contributed by atoms with E-state index in [0.29, 0.717) is 35.7 Å². The maximum absolute atomic E-state index is 12.4. The van der Waals surface area contributed by atoms with Crippen molar-refractivity contribution >= 4 is 45.2 Å². The van der Waals surface area contributed by atoms with E-state index >= 15 is 0 Å².